The summed E-state index contributed by atoms with van der Waals surface area (Å²) in [5.41, 5.74) is -0.779. The van der Waals surface area contributed by atoms with Crippen LogP contribution in [0.25, 0.3) is 0 Å². The van der Waals surface area contributed by atoms with Gasteiger partial charge in [0.25, 0.3) is 0 Å². The summed E-state index contributed by atoms with van der Waals surface area (Å²) < 4.78 is 21.9. The Kier molecular flexibility index (Phi) is 15.1. The van der Waals surface area contributed by atoms with E-state index in [9.17, 15) is 9.59 Å². The van der Waals surface area contributed by atoms with E-state index in [2.05, 4.69) is 27.7 Å². The average Bonchev–Trinajstić information content (AvgIpc) is 2.85. The quantitative estimate of drug-likeness (QED) is 0.109. The van der Waals surface area contributed by atoms with Crippen molar-refractivity contribution in [1.29, 1.82) is 0 Å². The molecule has 0 N–H and O–H groups in total. The largest absolute Gasteiger partial charge is 0.381 e. The Balaban J connectivity index is 3.36. The summed E-state index contributed by atoms with van der Waals surface area (Å²) in [4.78, 5) is 31.1. The lowest BCUT2D eigenvalue weighted by Crippen LogP contribution is -2.72. The molecule has 1 heterocycles. The monoisotopic (exact) mass is 536 g/mol. The van der Waals surface area contributed by atoms with Crippen molar-refractivity contribution in [2.24, 2.45) is 5.92 Å². The molecule has 0 saturated carbocycles. The highest BCUT2D eigenvalue weighted by Gasteiger charge is 2.56. The number of nitrogens with zero attached hydrogens (tertiary/aromatic N) is 2. The van der Waals surface area contributed by atoms with Crippen molar-refractivity contribution < 1.29 is 28.5 Å². The van der Waals surface area contributed by atoms with Gasteiger partial charge in [0.1, 0.15) is 6.73 Å². The lowest BCUT2D eigenvalue weighted by molar-refractivity contribution is -0.157. The van der Waals surface area contributed by atoms with Crippen molar-refractivity contribution in [3.05, 3.63) is 36.0 Å². The Hall–Kier alpha value is -2.00. The van der Waals surface area contributed by atoms with Crippen molar-refractivity contribution in [1.82, 2.24) is 9.80 Å². The van der Waals surface area contributed by atoms with Gasteiger partial charge in [-0.05, 0) is 46.1 Å². The van der Waals surface area contributed by atoms with E-state index in [-0.39, 0.29) is 30.6 Å². The summed E-state index contributed by atoms with van der Waals surface area (Å²) in [5.74, 6) is 0.0888. The number of methoxy groups -OCH3 is 2. The summed E-state index contributed by atoms with van der Waals surface area (Å²) in [7, 11) is 3.17. The summed E-state index contributed by atoms with van der Waals surface area (Å²) in [6.07, 6.45) is 11.3. The van der Waals surface area contributed by atoms with Crippen molar-refractivity contribution in [2.75, 3.05) is 53.9 Å². The molecule has 1 aliphatic rings. The Bertz CT molecular complexity index is 822. The first-order chi connectivity index (χ1) is 18.0. The number of rotatable bonds is 18. The van der Waals surface area contributed by atoms with E-state index >= 15 is 0 Å². The fraction of sp³-hybridized carbons (Fsp3) is 0.733. The minimum atomic E-state index is -0.806. The molecule has 0 fully saturated rings. The third-order valence-electron chi connectivity index (χ3n) is 6.98. The van der Waals surface area contributed by atoms with E-state index < -0.39 is 11.1 Å². The van der Waals surface area contributed by atoms with Gasteiger partial charge >= 0.3 is 0 Å². The highest BCUT2D eigenvalue weighted by atomic mass is 16.5. The third kappa shape index (κ3) is 9.33. The molecular weight excluding hydrogens is 484 g/mol. The third-order valence-corrected chi connectivity index (χ3v) is 6.98. The Morgan fingerprint density at radius 2 is 1.74 bits per heavy atom. The van der Waals surface area contributed by atoms with Crippen LogP contribution in [0.3, 0.4) is 0 Å². The van der Waals surface area contributed by atoms with Crippen molar-refractivity contribution in [3.8, 4) is 0 Å². The molecule has 8 heteroatoms. The van der Waals surface area contributed by atoms with Gasteiger partial charge in [-0.2, -0.15) is 0 Å². The molecule has 0 aliphatic carbocycles. The SMILES string of the molecule is CCCC1(C)N(CC(C)C)C(=O)C(CCOCC=CCOC(C)C)=CC1(C)N(COC)C(=O)C=CCOC. The maximum atomic E-state index is 13.9. The molecule has 8 nitrogen and oxygen atoms in total. The number of carbonyl (C=O) groups excluding carboxylic acids is 2. The normalized spacial score (nSPS) is 22.3. The molecule has 0 aromatic carbocycles. The maximum Gasteiger partial charge on any atom is 0.250 e. The Labute approximate surface area is 231 Å². The molecule has 0 radical (unpaired) electrons. The molecule has 2 unspecified atom stereocenters. The second kappa shape index (κ2) is 16.9. The van der Waals surface area contributed by atoms with Crippen LogP contribution in [0.1, 0.15) is 67.7 Å². The second-order valence-corrected chi connectivity index (χ2v) is 10.9. The predicted octanol–water partition coefficient (Wildman–Crippen LogP) is 4.75. The van der Waals surface area contributed by atoms with Gasteiger partial charge in [-0.15, -0.1) is 0 Å². The van der Waals surface area contributed by atoms with Gasteiger partial charge in [-0.1, -0.05) is 45.4 Å². The Morgan fingerprint density at radius 3 is 2.32 bits per heavy atom. The number of amides is 2. The lowest BCUT2D eigenvalue weighted by Gasteiger charge is -2.59. The van der Waals surface area contributed by atoms with E-state index in [4.69, 9.17) is 18.9 Å². The first-order valence-corrected chi connectivity index (χ1v) is 13.8. The zero-order chi connectivity index (χ0) is 28.8. The van der Waals surface area contributed by atoms with Gasteiger partial charge in [0.15, 0.2) is 0 Å². The molecule has 0 aromatic heterocycles. The van der Waals surface area contributed by atoms with Crippen LogP contribution in [0.2, 0.25) is 0 Å². The minimum absolute atomic E-state index is 0.0105. The van der Waals surface area contributed by atoms with Crippen LogP contribution in [0.15, 0.2) is 36.0 Å². The van der Waals surface area contributed by atoms with Crippen LogP contribution >= 0.6 is 0 Å². The fourth-order valence-corrected chi connectivity index (χ4v) is 4.91. The van der Waals surface area contributed by atoms with Gasteiger partial charge in [0.2, 0.25) is 11.8 Å². The van der Waals surface area contributed by atoms with Crippen LogP contribution in [0, 0.1) is 5.92 Å². The van der Waals surface area contributed by atoms with Crippen LogP contribution < -0.4 is 0 Å². The minimum Gasteiger partial charge on any atom is -0.381 e. The first kappa shape index (κ1) is 34.0. The van der Waals surface area contributed by atoms with E-state index in [1.807, 2.05) is 43.9 Å². The van der Waals surface area contributed by atoms with Crippen LogP contribution in [0.5, 0.6) is 0 Å². The molecule has 218 valence electrons. The smallest absolute Gasteiger partial charge is 0.250 e. The average molecular weight is 537 g/mol. The maximum absolute atomic E-state index is 13.9. The zero-order valence-corrected chi connectivity index (χ0v) is 25.2. The van der Waals surface area contributed by atoms with Gasteiger partial charge in [0.05, 0.1) is 43.6 Å². The molecule has 0 aromatic rings. The lowest BCUT2D eigenvalue weighted by atomic mass is 9.69. The molecule has 0 saturated heterocycles. The highest BCUT2D eigenvalue weighted by Crippen LogP contribution is 2.44. The molecule has 1 aliphatic heterocycles. The summed E-state index contributed by atoms with van der Waals surface area (Å²) in [6.45, 7) is 16.9. The van der Waals surface area contributed by atoms with E-state index in [1.165, 1.54) is 6.08 Å². The standard InChI is InChI=1S/C30H52N2O6/c1-10-16-29(6)30(7,32(23-36-9)27(33)14-13-17-35-8)21-26(28(34)31(29)22-24(2)3)15-20-37-18-11-12-19-38-25(4)5/h11-14,21,24-25H,10,15-20,22-23H2,1-9H3. The number of carbonyl (C=O) groups is 2. The summed E-state index contributed by atoms with van der Waals surface area (Å²) in [6, 6.07) is 0. The molecule has 2 amide bonds. The molecule has 0 spiro atoms. The number of hydrogen-bond acceptors (Lipinski definition) is 6. The predicted molar refractivity (Wildman–Crippen MR) is 152 cm³/mol. The van der Waals surface area contributed by atoms with Crippen molar-refractivity contribution in [3.63, 3.8) is 0 Å². The highest BCUT2D eigenvalue weighted by molar-refractivity contribution is 5.97. The van der Waals surface area contributed by atoms with Crippen LogP contribution in [0.4, 0.5) is 0 Å². The van der Waals surface area contributed by atoms with Crippen molar-refractivity contribution in [2.45, 2.75) is 84.9 Å². The van der Waals surface area contributed by atoms with E-state index in [0.717, 1.165) is 12.8 Å². The van der Waals surface area contributed by atoms with Crippen LogP contribution in [-0.2, 0) is 28.5 Å². The van der Waals surface area contributed by atoms with E-state index in [1.54, 1.807) is 25.2 Å². The molecule has 0 bridgehead atoms. The molecule has 2 atom stereocenters. The first-order valence-electron chi connectivity index (χ1n) is 13.8. The topological polar surface area (TPSA) is 77.5 Å². The molecular formula is C30H52N2O6. The molecule has 38 heavy (non-hydrogen) atoms. The van der Waals surface area contributed by atoms with Crippen molar-refractivity contribution >= 4 is 11.8 Å². The molecule has 1 rings (SSSR count). The number of ether oxygens (including phenoxy) is 4. The Morgan fingerprint density at radius 1 is 1.05 bits per heavy atom. The number of hydrogen-bond donors (Lipinski definition) is 0. The van der Waals surface area contributed by atoms with Gasteiger partial charge in [0, 0.05) is 38.8 Å². The van der Waals surface area contributed by atoms with Gasteiger partial charge < -0.3 is 28.7 Å². The summed E-state index contributed by atoms with van der Waals surface area (Å²) >= 11 is 0. The van der Waals surface area contributed by atoms with Gasteiger partial charge in [-0.25, -0.2) is 0 Å². The zero-order valence-electron chi connectivity index (χ0n) is 25.2. The summed E-state index contributed by atoms with van der Waals surface area (Å²) in [5, 5.41) is 0. The fourth-order valence-electron chi connectivity index (χ4n) is 4.91. The van der Waals surface area contributed by atoms with Gasteiger partial charge in [-0.3, -0.25) is 9.59 Å². The van der Waals surface area contributed by atoms with E-state index in [0.29, 0.717) is 45.0 Å². The second-order valence-electron chi connectivity index (χ2n) is 10.9. The van der Waals surface area contributed by atoms with Crippen LogP contribution in [-0.4, -0.2) is 92.7 Å².